The van der Waals surface area contributed by atoms with E-state index >= 15 is 0 Å². The number of hydrogen-bond acceptors (Lipinski definition) is 18. The van der Waals surface area contributed by atoms with Crippen LogP contribution < -0.4 is 11.3 Å². The lowest BCUT2D eigenvalue weighted by molar-refractivity contribution is -0.0594. The molecule has 7 rings (SSSR count). The second kappa shape index (κ2) is 20.6. The molecule has 26 heteroatoms. The summed E-state index contributed by atoms with van der Waals surface area (Å²) in [5.41, 5.74) is 5.37. The van der Waals surface area contributed by atoms with Crippen LogP contribution in [0.15, 0.2) is 30.0 Å². The van der Waals surface area contributed by atoms with Gasteiger partial charge in [-0.25, -0.2) is 28.9 Å². The number of nitrogens with one attached hydrogen (secondary N) is 1. The lowest BCUT2D eigenvalue weighted by Crippen LogP contribution is -2.36. The van der Waals surface area contributed by atoms with E-state index in [0.29, 0.717) is 0 Å². The van der Waals surface area contributed by atoms with Crippen LogP contribution >= 0.6 is 25.8 Å². The van der Waals surface area contributed by atoms with E-state index in [4.69, 9.17) is 45.1 Å². The molecule has 0 radical (unpaired) electrons. The van der Waals surface area contributed by atoms with Gasteiger partial charge in [-0.05, 0) is 51.1 Å². The van der Waals surface area contributed by atoms with Crippen LogP contribution in [0.1, 0.15) is 54.0 Å². The minimum absolute atomic E-state index is 0.0790. The molecule has 2 unspecified atom stereocenters. The lowest BCUT2D eigenvalue weighted by atomic mass is 10.1. The molecule has 0 amide bonds. The number of nitrogens with zero attached hydrogens (tertiary/aromatic N) is 8. The van der Waals surface area contributed by atoms with E-state index in [1.165, 1.54) is 56.5 Å². The molecule has 3 aliphatic heterocycles. The number of aromatic amines is 1. The van der Waals surface area contributed by atoms with Crippen LogP contribution in [0.25, 0.3) is 22.2 Å². The Morgan fingerprint density at radius 2 is 1.49 bits per heavy atom. The number of imidazole rings is 1. The number of halogens is 1. The van der Waals surface area contributed by atoms with Gasteiger partial charge in [-0.15, -0.1) is 0 Å². The molecule has 0 saturated carbocycles. The molecule has 7 heterocycles. The summed E-state index contributed by atoms with van der Waals surface area (Å²) in [6.07, 6.45) is -6.96. The number of aromatic nitrogens is 7. The summed E-state index contributed by atoms with van der Waals surface area (Å²) in [6, 6.07) is 0. The van der Waals surface area contributed by atoms with E-state index in [1.807, 2.05) is 0 Å². The number of anilines is 1. The fourth-order valence-electron chi connectivity index (χ4n) is 6.75. The molecular formula is C33H53FN10O11P2S2. The van der Waals surface area contributed by atoms with Gasteiger partial charge in [0.1, 0.15) is 53.9 Å². The van der Waals surface area contributed by atoms with Crippen molar-refractivity contribution in [2.24, 2.45) is 0 Å². The Bertz CT molecular complexity index is 2140. The van der Waals surface area contributed by atoms with E-state index < -0.39 is 92.6 Å². The second-order valence-corrected chi connectivity index (χ2v) is 19.1. The van der Waals surface area contributed by atoms with Gasteiger partial charge in [-0.2, -0.15) is 0 Å². The monoisotopic (exact) mass is 910 g/mol. The SMILES string of the molecule is CCN(CC)CC.CCN(CC)CC.Nc1ncnc2c1ncn2[C@@H]1O[C@@H]2COP(O)(=S)O[C@@H]3[C@H](O)[C@@H](COP(=O)(S)O[C@H]2[C@H]1O)O[C@H]3n1cc(F)c2c(=O)[nH]cnc21. The van der Waals surface area contributed by atoms with Crippen LogP contribution in [-0.4, -0.2) is 148 Å². The van der Waals surface area contributed by atoms with Gasteiger partial charge in [0.05, 0.1) is 25.9 Å². The topological polar surface area (TPSA) is 260 Å². The number of aliphatic hydroxyl groups excluding tert-OH is 2. The molecule has 330 valence electrons. The number of nitrogen functional groups attached to an aromatic ring is 1. The maximum atomic E-state index is 14.8. The van der Waals surface area contributed by atoms with E-state index in [1.54, 1.807) is 0 Å². The van der Waals surface area contributed by atoms with E-state index in [2.05, 4.69) is 88.5 Å². The van der Waals surface area contributed by atoms with Gasteiger partial charge in [0.25, 0.3) is 5.56 Å². The molecule has 2 bridgehead atoms. The average molecular weight is 911 g/mol. The maximum Gasteiger partial charge on any atom is 0.386 e. The van der Waals surface area contributed by atoms with Crippen LogP contribution in [-0.2, 0) is 43.9 Å². The van der Waals surface area contributed by atoms with Crippen LogP contribution in [0.3, 0.4) is 0 Å². The summed E-state index contributed by atoms with van der Waals surface area (Å²) in [6.45, 7) is 10.4. The summed E-state index contributed by atoms with van der Waals surface area (Å²) in [4.78, 5) is 46.5. The molecule has 3 aliphatic rings. The third-order valence-electron chi connectivity index (χ3n) is 10.1. The molecule has 10 atom stereocenters. The molecule has 21 nitrogen and oxygen atoms in total. The van der Waals surface area contributed by atoms with Gasteiger partial charge in [-0.1, -0.05) is 53.8 Å². The molecule has 0 aromatic carbocycles. The Morgan fingerprint density at radius 1 is 0.881 bits per heavy atom. The smallest absolute Gasteiger partial charge is 0.386 e. The first-order valence-corrected chi connectivity index (χ1v) is 24.4. The van der Waals surface area contributed by atoms with Gasteiger partial charge in [0, 0.05) is 6.20 Å². The molecule has 59 heavy (non-hydrogen) atoms. The fraction of sp³-hybridized carbons (Fsp3) is 0.667. The molecule has 0 spiro atoms. The van der Waals surface area contributed by atoms with Crippen molar-refractivity contribution in [1.29, 1.82) is 0 Å². The largest absolute Gasteiger partial charge is 0.387 e. The van der Waals surface area contributed by atoms with Gasteiger partial charge in [-0.3, -0.25) is 22.9 Å². The minimum atomic E-state index is -4.35. The Morgan fingerprint density at radius 3 is 2.10 bits per heavy atom. The molecule has 3 fully saturated rings. The second-order valence-electron chi connectivity index (χ2n) is 13.4. The summed E-state index contributed by atoms with van der Waals surface area (Å²) in [7, 11) is 0. The number of H-pyrrole nitrogens is 1. The quantitative estimate of drug-likeness (QED) is 0.110. The molecule has 6 N–H and O–H groups in total. The number of thiol groups is 1. The van der Waals surface area contributed by atoms with Crippen LogP contribution in [0.4, 0.5) is 10.2 Å². The maximum absolute atomic E-state index is 14.8. The van der Waals surface area contributed by atoms with Crippen molar-refractivity contribution in [3.05, 3.63) is 41.3 Å². The zero-order chi connectivity index (χ0) is 43.2. The predicted molar refractivity (Wildman–Crippen MR) is 222 cm³/mol. The fourth-order valence-corrected chi connectivity index (χ4v) is 9.66. The highest BCUT2D eigenvalue weighted by Gasteiger charge is 2.53. The summed E-state index contributed by atoms with van der Waals surface area (Å²) in [5.74, 6) is -0.870. The van der Waals surface area contributed by atoms with E-state index in [9.17, 15) is 28.9 Å². The third kappa shape index (κ3) is 10.9. The Kier molecular flexibility index (Phi) is 16.6. The number of hydrogen-bond donors (Lipinski definition) is 6. The van der Waals surface area contributed by atoms with Crippen molar-refractivity contribution in [1.82, 2.24) is 43.9 Å². The summed E-state index contributed by atoms with van der Waals surface area (Å²) in [5, 5.41) is 22.0. The number of rotatable bonds is 8. The molecule has 3 saturated heterocycles. The van der Waals surface area contributed by atoms with Crippen LogP contribution in [0.5, 0.6) is 0 Å². The lowest BCUT2D eigenvalue weighted by Gasteiger charge is -2.27. The standard InChI is InChI=1S/C21H23FN8O11P2S2.2C6H15N/c22-7-1-29(17-10(7)19(33)27-5-25-17)21-15-12(31)8(38-21)2-36-42(34,44)40-14-9(3-37-43(35,45)41-15)39-20(13(14)32)30-6-28-11-16(23)24-4-26-18(11)30;2*1-4-7(5-2)6-3/h1,4-6,8-9,12-15,20-21,31-32H,2-3H2,(H,34,44)(H,35,45)(H2,23,24,26)(H,25,27,33);2*4-6H2,1-3H3/t8-,9-,12-,13-,14-,15-,20-,21-,42?,43?;;/m1../s1. The molecule has 0 aliphatic carbocycles. The summed E-state index contributed by atoms with van der Waals surface area (Å²) < 4.78 is 64.7. The highest BCUT2D eigenvalue weighted by Crippen LogP contribution is 2.58. The molecule has 4 aromatic rings. The highest BCUT2D eigenvalue weighted by atomic mass is 32.7. The van der Waals surface area contributed by atoms with Gasteiger partial charge >= 0.3 is 13.5 Å². The van der Waals surface area contributed by atoms with Crippen molar-refractivity contribution in [3.63, 3.8) is 0 Å². The zero-order valence-corrected chi connectivity index (χ0v) is 37.0. The van der Waals surface area contributed by atoms with Crippen molar-refractivity contribution < 1.29 is 51.6 Å². The predicted octanol–water partition coefficient (Wildman–Crippen LogP) is 2.57. The van der Waals surface area contributed by atoms with Crippen LogP contribution in [0.2, 0.25) is 0 Å². The first-order valence-electron chi connectivity index (χ1n) is 19.1. The average Bonchev–Trinajstić information content (AvgIpc) is 3.95. The van der Waals surface area contributed by atoms with Gasteiger partial charge in [0.2, 0.25) is 0 Å². The van der Waals surface area contributed by atoms with Crippen LogP contribution in [0, 0.1) is 5.82 Å². The molecular weight excluding hydrogens is 858 g/mol. The normalized spacial score (nSPS) is 31.2. The third-order valence-corrected chi connectivity index (χ3v) is 13.3. The highest BCUT2D eigenvalue weighted by molar-refractivity contribution is 8.44. The Labute approximate surface area is 350 Å². The van der Waals surface area contributed by atoms with Crippen molar-refractivity contribution in [2.75, 3.05) is 58.2 Å². The zero-order valence-electron chi connectivity index (χ0n) is 33.5. The Hall–Kier alpha value is -2.51. The first-order chi connectivity index (χ1) is 28.0. The Balaban J connectivity index is 0.000000407. The number of ether oxygens (including phenoxy) is 2. The van der Waals surface area contributed by atoms with E-state index in [0.717, 1.165) is 17.1 Å². The number of aliphatic hydroxyl groups is 2. The minimum Gasteiger partial charge on any atom is -0.387 e. The summed E-state index contributed by atoms with van der Waals surface area (Å²) >= 11 is 9.25. The van der Waals surface area contributed by atoms with E-state index in [-0.39, 0.29) is 22.6 Å². The number of fused-ring (bicyclic) bond motifs is 5. The number of nitrogens with two attached hydrogens (primary N) is 1. The van der Waals surface area contributed by atoms with Crippen molar-refractivity contribution in [3.8, 4) is 0 Å². The van der Waals surface area contributed by atoms with Gasteiger partial charge in [0.15, 0.2) is 35.4 Å². The van der Waals surface area contributed by atoms with Crippen molar-refractivity contribution in [2.45, 2.75) is 90.6 Å². The van der Waals surface area contributed by atoms with Gasteiger partial charge < -0.3 is 54.2 Å². The molecule has 4 aromatic heterocycles. The first kappa shape index (κ1) is 47.5. The van der Waals surface area contributed by atoms with Crippen molar-refractivity contribution >= 4 is 65.6 Å².